The fourth-order valence-electron chi connectivity index (χ4n) is 2.68. The Bertz CT molecular complexity index is 836. The summed E-state index contributed by atoms with van der Waals surface area (Å²) in [7, 11) is 1.63. The molecular weight excluding hydrogens is 342 g/mol. The van der Waals surface area contributed by atoms with Gasteiger partial charge in [-0.05, 0) is 23.8 Å². The van der Waals surface area contributed by atoms with Crippen molar-refractivity contribution in [3.8, 4) is 0 Å². The molecule has 0 spiro atoms. The zero-order valence-electron chi connectivity index (χ0n) is 13.5. The summed E-state index contributed by atoms with van der Waals surface area (Å²) in [5.74, 6) is -1.92. The molecule has 6 nitrogen and oxygen atoms in total. The van der Waals surface area contributed by atoms with Gasteiger partial charge in [-0.2, -0.15) is 0 Å². The number of rotatable bonds is 3. The van der Waals surface area contributed by atoms with Crippen molar-refractivity contribution in [3.05, 3.63) is 64.7 Å². The lowest BCUT2D eigenvalue weighted by molar-refractivity contribution is -0.140. The summed E-state index contributed by atoms with van der Waals surface area (Å²) in [6.07, 6.45) is 0. The van der Waals surface area contributed by atoms with Gasteiger partial charge in [0, 0.05) is 29.9 Å². The van der Waals surface area contributed by atoms with Gasteiger partial charge in [0.15, 0.2) is 0 Å². The molecule has 2 N–H and O–H groups in total. The van der Waals surface area contributed by atoms with Gasteiger partial charge in [0.05, 0.1) is 0 Å². The predicted molar refractivity (Wildman–Crippen MR) is 94.0 cm³/mol. The number of carbonyl (C=O) groups is 3. The zero-order chi connectivity index (χ0) is 18.0. The standard InChI is InChI=1S/C18H16ClN3O3/c1-22-14-5-3-2-4-13(14)15(18(22)25)21-17(24)16(23)20-10-11-6-8-12(19)9-7-11/h2-9,15H,10H2,1H3,(H,20,23)(H,21,24)/t15-/m1/s1. The lowest BCUT2D eigenvalue weighted by atomic mass is 10.1. The molecule has 2 aromatic rings. The smallest absolute Gasteiger partial charge is 0.310 e. The van der Waals surface area contributed by atoms with Crippen LogP contribution in [0.15, 0.2) is 48.5 Å². The SMILES string of the molecule is CN1C(=O)[C@H](NC(=O)C(=O)NCc2ccc(Cl)cc2)c2ccccc21. The molecule has 1 aliphatic rings. The fraction of sp³-hybridized carbons (Fsp3) is 0.167. The number of hydrogen-bond acceptors (Lipinski definition) is 3. The Balaban J connectivity index is 1.63. The fourth-order valence-corrected chi connectivity index (χ4v) is 2.81. The molecule has 1 heterocycles. The van der Waals surface area contributed by atoms with Gasteiger partial charge >= 0.3 is 11.8 Å². The van der Waals surface area contributed by atoms with E-state index in [1.807, 2.05) is 6.07 Å². The van der Waals surface area contributed by atoms with Crippen molar-refractivity contribution in [3.63, 3.8) is 0 Å². The van der Waals surface area contributed by atoms with Gasteiger partial charge in [-0.25, -0.2) is 0 Å². The normalized spacial score (nSPS) is 15.7. The third-order valence-corrected chi connectivity index (χ3v) is 4.29. The van der Waals surface area contributed by atoms with E-state index in [0.29, 0.717) is 10.6 Å². The van der Waals surface area contributed by atoms with Crippen LogP contribution in [-0.2, 0) is 20.9 Å². The highest BCUT2D eigenvalue weighted by atomic mass is 35.5. The van der Waals surface area contributed by atoms with Gasteiger partial charge in [0.2, 0.25) is 0 Å². The first-order valence-electron chi connectivity index (χ1n) is 7.67. The van der Waals surface area contributed by atoms with Crippen LogP contribution in [0.2, 0.25) is 5.02 Å². The summed E-state index contributed by atoms with van der Waals surface area (Å²) in [5, 5.41) is 5.61. The van der Waals surface area contributed by atoms with Gasteiger partial charge in [-0.1, -0.05) is 41.9 Å². The third-order valence-electron chi connectivity index (χ3n) is 4.03. The second kappa shape index (κ2) is 6.94. The highest BCUT2D eigenvalue weighted by Gasteiger charge is 2.36. The first-order valence-corrected chi connectivity index (χ1v) is 8.05. The van der Waals surface area contributed by atoms with Crippen LogP contribution in [0.3, 0.4) is 0 Å². The second-order valence-corrected chi connectivity index (χ2v) is 6.11. The topological polar surface area (TPSA) is 78.5 Å². The number of anilines is 1. The van der Waals surface area contributed by atoms with E-state index in [0.717, 1.165) is 11.3 Å². The number of amides is 3. The molecule has 0 fully saturated rings. The second-order valence-electron chi connectivity index (χ2n) is 5.67. The molecule has 1 atom stereocenters. The van der Waals surface area contributed by atoms with Crippen LogP contribution < -0.4 is 15.5 Å². The van der Waals surface area contributed by atoms with Crippen LogP contribution >= 0.6 is 11.6 Å². The molecule has 25 heavy (non-hydrogen) atoms. The van der Waals surface area contributed by atoms with Crippen molar-refractivity contribution in [1.82, 2.24) is 10.6 Å². The average Bonchev–Trinajstić information content (AvgIpc) is 2.86. The van der Waals surface area contributed by atoms with Gasteiger partial charge in [-0.3, -0.25) is 14.4 Å². The Labute approximate surface area is 149 Å². The number of likely N-dealkylation sites (N-methyl/N-ethyl adjacent to an activating group) is 1. The van der Waals surface area contributed by atoms with Crippen molar-refractivity contribution in [1.29, 1.82) is 0 Å². The highest BCUT2D eigenvalue weighted by molar-refractivity contribution is 6.35. The van der Waals surface area contributed by atoms with E-state index in [4.69, 9.17) is 11.6 Å². The zero-order valence-corrected chi connectivity index (χ0v) is 14.2. The van der Waals surface area contributed by atoms with Crippen LogP contribution in [0, 0.1) is 0 Å². The molecule has 0 saturated carbocycles. The van der Waals surface area contributed by atoms with E-state index in [-0.39, 0.29) is 12.5 Å². The molecule has 0 unspecified atom stereocenters. The molecule has 2 aromatic carbocycles. The Morgan fingerprint density at radius 3 is 2.48 bits per heavy atom. The van der Waals surface area contributed by atoms with Gasteiger partial charge in [0.25, 0.3) is 5.91 Å². The maximum atomic E-state index is 12.3. The molecule has 1 aliphatic heterocycles. The van der Waals surface area contributed by atoms with Gasteiger partial charge < -0.3 is 15.5 Å². The Hall–Kier alpha value is -2.86. The van der Waals surface area contributed by atoms with E-state index in [2.05, 4.69) is 10.6 Å². The van der Waals surface area contributed by atoms with Crippen LogP contribution in [0.1, 0.15) is 17.2 Å². The van der Waals surface area contributed by atoms with Crippen molar-refractivity contribution in [2.45, 2.75) is 12.6 Å². The number of nitrogens with one attached hydrogen (secondary N) is 2. The Morgan fingerprint density at radius 2 is 1.76 bits per heavy atom. The van der Waals surface area contributed by atoms with Crippen molar-refractivity contribution >= 4 is 35.0 Å². The predicted octanol–water partition coefficient (Wildman–Crippen LogP) is 1.79. The summed E-state index contributed by atoms with van der Waals surface area (Å²) in [5.41, 5.74) is 2.21. The number of hydrogen-bond donors (Lipinski definition) is 2. The third kappa shape index (κ3) is 3.49. The number of para-hydroxylation sites is 1. The number of carbonyl (C=O) groups excluding carboxylic acids is 3. The molecule has 0 bridgehead atoms. The number of halogens is 1. The molecule has 0 aromatic heterocycles. The van der Waals surface area contributed by atoms with Gasteiger partial charge in [0.1, 0.15) is 6.04 Å². The molecular formula is C18H16ClN3O3. The minimum Gasteiger partial charge on any atom is -0.344 e. The maximum absolute atomic E-state index is 12.3. The van der Waals surface area contributed by atoms with E-state index < -0.39 is 17.9 Å². The number of benzene rings is 2. The summed E-state index contributed by atoms with van der Waals surface area (Å²) < 4.78 is 0. The number of nitrogens with zero attached hydrogens (tertiary/aromatic N) is 1. The molecule has 0 saturated heterocycles. The summed E-state index contributed by atoms with van der Waals surface area (Å²) in [4.78, 5) is 37.9. The summed E-state index contributed by atoms with van der Waals surface area (Å²) in [6, 6.07) is 13.2. The first-order chi connectivity index (χ1) is 12.0. The van der Waals surface area contributed by atoms with Gasteiger partial charge in [-0.15, -0.1) is 0 Å². The lowest BCUT2D eigenvalue weighted by Crippen LogP contribution is -2.43. The van der Waals surface area contributed by atoms with Crippen molar-refractivity contribution in [2.24, 2.45) is 0 Å². The van der Waals surface area contributed by atoms with E-state index in [9.17, 15) is 14.4 Å². The number of fused-ring (bicyclic) bond motifs is 1. The molecule has 0 aliphatic carbocycles. The largest absolute Gasteiger partial charge is 0.344 e. The lowest BCUT2D eigenvalue weighted by Gasteiger charge is -2.13. The van der Waals surface area contributed by atoms with Crippen LogP contribution in [0.4, 0.5) is 5.69 Å². The molecule has 128 valence electrons. The molecule has 3 amide bonds. The molecule has 7 heteroatoms. The average molecular weight is 358 g/mol. The first kappa shape index (κ1) is 17.0. The monoisotopic (exact) mass is 357 g/mol. The maximum Gasteiger partial charge on any atom is 0.310 e. The summed E-state index contributed by atoms with van der Waals surface area (Å²) >= 11 is 5.80. The van der Waals surface area contributed by atoms with Crippen molar-refractivity contribution in [2.75, 3.05) is 11.9 Å². The van der Waals surface area contributed by atoms with E-state index >= 15 is 0 Å². The quantitative estimate of drug-likeness (QED) is 0.822. The van der Waals surface area contributed by atoms with Crippen molar-refractivity contribution < 1.29 is 14.4 Å². The minimum atomic E-state index is -0.852. The minimum absolute atomic E-state index is 0.193. The van der Waals surface area contributed by atoms with Crippen LogP contribution in [0.5, 0.6) is 0 Å². The highest BCUT2D eigenvalue weighted by Crippen LogP contribution is 2.34. The summed E-state index contributed by atoms with van der Waals surface area (Å²) in [6.45, 7) is 0.193. The van der Waals surface area contributed by atoms with Crippen LogP contribution in [-0.4, -0.2) is 24.8 Å². The van der Waals surface area contributed by atoms with Crippen LogP contribution in [0.25, 0.3) is 0 Å². The van der Waals surface area contributed by atoms with E-state index in [1.54, 1.807) is 49.5 Å². The Kier molecular flexibility index (Phi) is 4.72. The molecule has 0 radical (unpaired) electrons. The Morgan fingerprint density at radius 1 is 1.08 bits per heavy atom. The molecule has 3 rings (SSSR count). The van der Waals surface area contributed by atoms with E-state index in [1.165, 1.54) is 4.90 Å².